The summed E-state index contributed by atoms with van der Waals surface area (Å²) in [5.41, 5.74) is 2.81. The largest absolute Gasteiger partial charge is 0.516 e. The van der Waals surface area contributed by atoms with Gasteiger partial charge in [0.1, 0.15) is 18.8 Å². The van der Waals surface area contributed by atoms with Crippen LogP contribution in [0.25, 0.3) is 11.1 Å². The molecule has 1 fully saturated rings. The van der Waals surface area contributed by atoms with Gasteiger partial charge in [0.15, 0.2) is 6.23 Å². The number of ether oxygens (including phenoxy) is 3. The molecule has 2 heterocycles. The number of aromatic nitrogens is 2. The first kappa shape index (κ1) is 32.6. The maximum Gasteiger partial charge on any atom is 0.516 e. The van der Waals surface area contributed by atoms with Gasteiger partial charge < -0.3 is 24.4 Å². The van der Waals surface area contributed by atoms with E-state index in [1.54, 1.807) is 0 Å². The van der Waals surface area contributed by atoms with Crippen LogP contribution in [-0.4, -0.2) is 82.2 Å². The van der Waals surface area contributed by atoms with Gasteiger partial charge in [0, 0.05) is 24.7 Å². The number of hydrogen-bond donors (Lipinski definition) is 2. The van der Waals surface area contributed by atoms with Crippen molar-refractivity contribution in [2.75, 3.05) is 26.1 Å². The van der Waals surface area contributed by atoms with Crippen LogP contribution in [0.2, 0.25) is 0 Å². The van der Waals surface area contributed by atoms with Crippen LogP contribution in [0.1, 0.15) is 43.0 Å². The van der Waals surface area contributed by atoms with Crippen molar-refractivity contribution in [3.8, 4) is 11.1 Å². The molecule has 0 radical (unpaired) electrons. The van der Waals surface area contributed by atoms with Gasteiger partial charge in [0.2, 0.25) is 0 Å². The van der Waals surface area contributed by atoms with Gasteiger partial charge in [0.25, 0.3) is 5.56 Å². The summed E-state index contributed by atoms with van der Waals surface area (Å²) in [5, 5.41) is 21.2. The highest BCUT2D eigenvalue weighted by molar-refractivity contribution is 7.72. The third kappa shape index (κ3) is 7.07. The zero-order valence-corrected chi connectivity index (χ0v) is 26.5. The van der Waals surface area contributed by atoms with Gasteiger partial charge in [-0.2, -0.15) is 0 Å². The van der Waals surface area contributed by atoms with Crippen LogP contribution in [-0.2, 0) is 25.5 Å². The SMILES string of the molecule is C=P(C)(C)CC[C@H]1O[C@@H](n2ccc(=O)n(CCC(C)C(=O)OC(=O)OCC3c4ccccc4-c4ccccc43)c2=O)[C@H](O)[C@@H]1O. The topological polar surface area (TPSA) is 146 Å². The molecule has 1 aromatic heterocycles. The molecule has 2 N–H and O–H groups in total. The van der Waals surface area contributed by atoms with Crippen molar-refractivity contribution in [3.05, 3.63) is 92.8 Å². The van der Waals surface area contributed by atoms with E-state index in [4.69, 9.17) is 14.2 Å². The molecule has 1 saturated heterocycles. The summed E-state index contributed by atoms with van der Waals surface area (Å²) in [7, 11) is 0. The molecule has 1 aliphatic heterocycles. The van der Waals surface area contributed by atoms with Gasteiger partial charge in [-0.15, -0.1) is 13.2 Å². The third-order valence-corrected chi connectivity index (χ3v) is 9.90. The number of aliphatic hydroxyl groups excluding tert-OH is 2. The highest BCUT2D eigenvalue weighted by Gasteiger charge is 2.44. The van der Waals surface area contributed by atoms with E-state index in [0.29, 0.717) is 6.42 Å². The maximum atomic E-state index is 13.3. The molecular weight excluding hydrogens is 599 g/mol. The van der Waals surface area contributed by atoms with Crippen molar-refractivity contribution >= 4 is 25.3 Å². The number of benzene rings is 2. The van der Waals surface area contributed by atoms with Crippen LogP contribution in [0.5, 0.6) is 0 Å². The summed E-state index contributed by atoms with van der Waals surface area (Å²) in [6.45, 7) is 4.05. The number of nitrogens with zero attached hydrogens (tertiary/aromatic N) is 2. The first-order valence-electron chi connectivity index (χ1n) is 14.9. The lowest BCUT2D eigenvalue weighted by molar-refractivity contribution is -0.144. The van der Waals surface area contributed by atoms with Crippen molar-refractivity contribution < 1.29 is 34.0 Å². The number of hydrogen-bond acceptors (Lipinski definition) is 9. The second-order valence-electron chi connectivity index (χ2n) is 12.4. The Labute approximate surface area is 261 Å². The lowest BCUT2D eigenvalue weighted by Gasteiger charge is -2.20. The van der Waals surface area contributed by atoms with E-state index < -0.39 is 60.7 Å². The number of carbonyl (C=O) groups is 2. The second kappa shape index (κ2) is 13.3. The first-order chi connectivity index (χ1) is 21.4. The van der Waals surface area contributed by atoms with Gasteiger partial charge in [-0.25, -0.2) is 9.59 Å². The first-order valence-corrected chi connectivity index (χ1v) is 18.0. The molecular formula is C33H39N2O9P. The van der Waals surface area contributed by atoms with Gasteiger partial charge in [-0.05, 0) is 54.6 Å². The fraction of sp³-hybridized carbons (Fsp3) is 0.424. The van der Waals surface area contributed by atoms with E-state index in [0.717, 1.165) is 43.6 Å². The molecule has 0 saturated carbocycles. The second-order valence-corrected chi connectivity index (χ2v) is 16.7. The van der Waals surface area contributed by atoms with E-state index in [-0.39, 0.29) is 25.5 Å². The molecule has 2 aromatic carbocycles. The lowest BCUT2D eigenvalue weighted by Crippen LogP contribution is -2.43. The van der Waals surface area contributed by atoms with Crippen molar-refractivity contribution in [2.24, 2.45) is 5.92 Å². The van der Waals surface area contributed by atoms with E-state index >= 15 is 0 Å². The normalized spacial score (nSPS) is 21.6. The Morgan fingerprint density at radius 1 is 1.00 bits per heavy atom. The fourth-order valence-corrected chi connectivity index (χ4v) is 6.80. The number of fused-ring (bicyclic) bond motifs is 3. The van der Waals surface area contributed by atoms with E-state index in [9.17, 15) is 29.4 Å². The Morgan fingerprint density at radius 2 is 1.62 bits per heavy atom. The van der Waals surface area contributed by atoms with Gasteiger partial charge in [-0.3, -0.25) is 18.7 Å². The molecule has 12 heteroatoms. The number of esters is 1. The van der Waals surface area contributed by atoms with Crippen LogP contribution >= 0.6 is 6.89 Å². The summed E-state index contributed by atoms with van der Waals surface area (Å²) in [5.74, 6) is -1.90. The summed E-state index contributed by atoms with van der Waals surface area (Å²) < 4.78 is 18.1. The molecule has 3 aromatic rings. The molecule has 1 aliphatic carbocycles. The molecule has 1 unspecified atom stereocenters. The molecule has 0 amide bonds. The Hall–Kier alpha value is -3.76. The Morgan fingerprint density at radius 3 is 2.24 bits per heavy atom. The van der Waals surface area contributed by atoms with Crippen molar-refractivity contribution in [1.82, 2.24) is 9.13 Å². The average molecular weight is 639 g/mol. The highest BCUT2D eigenvalue weighted by Crippen LogP contribution is 2.44. The minimum atomic E-state index is -1.40. The molecule has 2 aliphatic rings. The minimum Gasteiger partial charge on any atom is -0.433 e. The quantitative estimate of drug-likeness (QED) is 0.194. The monoisotopic (exact) mass is 638 g/mol. The molecule has 5 rings (SSSR count). The van der Waals surface area contributed by atoms with Gasteiger partial charge >= 0.3 is 17.8 Å². The van der Waals surface area contributed by atoms with Gasteiger partial charge in [0.05, 0.1) is 12.0 Å². The zero-order chi connectivity index (χ0) is 32.5. The Bertz CT molecular complexity index is 1700. The Balaban J connectivity index is 1.17. The molecule has 11 nitrogen and oxygen atoms in total. The third-order valence-electron chi connectivity index (χ3n) is 8.43. The fourth-order valence-electron chi connectivity index (χ4n) is 5.85. The lowest BCUT2D eigenvalue weighted by atomic mass is 9.98. The standard InChI is InChI=1S/C33H39N2O9P/c1-20(31(39)44-33(41)42-19-25-23-11-7-5-9-21(23)22-10-6-8-12-24(22)25)13-16-34-27(36)14-17-35(32(34)40)30-29(38)28(37)26(43-30)15-18-45(2,3)4/h5-12,14,17,20,25-26,28-30,37-38H,2,13,15-16,18-19H2,1,3-4H3/t20?,26-,28-,29-,30-/m1/s1. The van der Waals surface area contributed by atoms with Crippen LogP contribution in [0.15, 0.2) is 70.4 Å². The van der Waals surface area contributed by atoms with Crippen molar-refractivity contribution in [1.29, 1.82) is 0 Å². The van der Waals surface area contributed by atoms with E-state index in [1.165, 1.54) is 13.1 Å². The summed E-state index contributed by atoms with van der Waals surface area (Å²) in [4.78, 5) is 51.0. The van der Waals surface area contributed by atoms with Gasteiger partial charge in [-0.1, -0.05) is 55.5 Å². The van der Waals surface area contributed by atoms with E-state index in [1.807, 2.05) is 48.5 Å². The predicted molar refractivity (Wildman–Crippen MR) is 171 cm³/mol. The predicted octanol–water partition coefficient (Wildman–Crippen LogP) is 3.25. The average Bonchev–Trinajstić information content (AvgIpc) is 3.47. The van der Waals surface area contributed by atoms with Crippen LogP contribution in [0.3, 0.4) is 0 Å². The highest BCUT2D eigenvalue weighted by atomic mass is 31.2. The van der Waals surface area contributed by atoms with Crippen LogP contribution in [0.4, 0.5) is 4.79 Å². The summed E-state index contributed by atoms with van der Waals surface area (Å²) in [6.07, 6.45) is 0.988. The molecule has 240 valence electrons. The van der Waals surface area contributed by atoms with Crippen LogP contribution < -0.4 is 11.2 Å². The number of rotatable bonds is 10. The minimum absolute atomic E-state index is 0.00718. The molecule has 0 bridgehead atoms. The van der Waals surface area contributed by atoms with Crippen molar-refractivity contribution in [2.45, 2.75) is 56.8 Å². The molecule has 0 spiro atoms. The number of aliphatic hydroxyl groups is 2. The molecule has 45 heavy (non-hydrogen) atoms. The Kier molecular flexibility index (Phi) is 9.65. The number of carbonyl (C=O) groups excluding carboxylic acids is 2. The smallest absolute Gasteiger partial charge is 0.433 e. The van der Waals surface area contributed by atoms with E-state index in [2.05, 4.69) is 19.6 Å². The maximum absolute atomic E-state index is 13.3. The molecule has 5 atom stereocenters. The van der Waals surface area contributed by atoms with Crippen LogP contribution in [0, 0.1) is 5.92 Å². The summed E-state index contributed by atoms with van der Waals surface area (Å²) in [6, 6.07) is 16.9. The zero-order valence-electron chi connectivity index (χ0n) is 25.6. The van der Waals surface area contributed by atoms with Crippen molar-refractivity contribution in [3.63, 3.8) is 0 Å². The summed E-state index contributed by atoms with van der Waals surface area (Å²) >= 11 is 0.